The van der Waals surface area contributed by atoms with Crippen LogP contribution in [0, 0.1) is 0 Å². The normalized spacial score (nSPS) is 10.9. The molecule has 0 aliphatic heterocycles. The van der Waals surface area contributed by atoms with Crippen molar-refractivity contribution in [2.24, 2.45) is 0 Å². The predicted molar refractivity (Wildman–Crippen MR) is 122 cm³/mol. The highest BCUT2D eigenvalue weighted by Crippen LogP contribution is 2.41. The summed E-state index contributed by atoms with van der Waals surface area (Å²) < 4.78 is 22.7. The van der Waals surface area contributed by atoms with Crippen molar-refractivity contribution in [1.82, 2.24) is 10.2 Å². The summed E-state index contributed by atoms with van der Waals surface area (Å²) in [5, 5.41) is 11.0. The van der Waals surface area contributed by atoms with E-state index in [1.165, 1.54) is 6.08 Å². The minimum Gasteiger partial charge on any atom is -0.490 e. The van der Waals surface area contributed by atoms with Crippen molar-refractivity contribution < 1.29 is 23.4 Å². The first-order chi connectivity index (χ1) is 15.5. The fourth-order valence-electron chi connectivity index (χ4n) is 2.83. The Bertz CT molecular complexity index is 1070. The van der Waals surface area contributed by atoms with Gasteiger partial charge in [0.2, 0.25) is 11.6 Å². The maximum Gasteiger partial charge on any atom is 0.322 e. The first-order valence-electron chi connectivity index (χ1n) is 10.2. The standard InChI is InChI=1S/C23H24ClN3O5/c1-4-29-18-13-16(14-19(30-5-2)21(18)31-6-3)22-26-27-23(32-22)25-20(28)12-11-15-9-7-8-10-17(15)24/h7-14H,4-6H2,1-3H3,(H,25,27,28)/b12-11+. The number of anilines is 1. The summed E-state index contributed by atoms with van der Waals surface area (Å²) in [6, 6.07) is 10.6. The number of amides is 1. The summed E-state index contributed by atoms with van der Waals surface area (Å²) in [6.07, 6.45) is 2.94. The average molecular weight is 458 g/mol. The summed E-state index contributed by atoms with van der Waals surface area (Å²) in [5.41, 5.74) is 1.29. The fourth-order valence-corrected chi connectivity index (χ4v) is 3.02. The second-order valence-corrected chi connectivity index (χ2v) is 6.76. The molecule has 0 spiro atoms. The number of nitrogens with one attached hydrogen (secondary N) is 1. The lowest BCUT2D eigenvalue weighted by Crippen LogP contribution is -2.07. The Morgan fingerprint density at radius 1 is 1.03 bits per heavy atom. The van der Waals surface area contributed by atoms with Gasteiger partial charge in [-0.15, -0.1) is 5.10 Å². The van der Waals surface area contributed by atoms with E-state index in [1.807, 2.05) is 32.9 Å². The second-order valence-electron chi connectivity index (χ2n) is 6.36. The largest absolute Gasteiger partial charge is 0.490 e. The predicted octanol–water partition coefficient (Wildman–Crippen LogP) is 5.24. The maximum atomic E-state index is 12.2. The van der Waals surface area contributed by atoms with Gasteiger partial charge in [0, 0.05) is 16.7 Å². The van der Waals surface area contributed by atoms with Crippen LogP contribution in [0.1, 0.15) is 26.3 Å². The summed E-state index contributed by atoms with van der Waals surface area (Å²) in [6.45, 7) is 6.97. The lowest BCUT2D eigenvalue weighted by atomic mass is 10.2. The van der Waals surface area contributed by atoms with E-state index in [0.29, 0.717) is 47.7 Å². The van der Waals surface area contributed by atoms with Gasteiger partial charge in [0.05, 0.1) is 19.8 Å². The minimum absolute atomic E-state index is 0.0430. The van der Waals surface area contributed by atoms with Gasteiger partial charge in [-0.1, -0.05) is 34.9 Å². The zero-order valence-electron chi connectivity index (χ0n) is 18.1. The van der Waals surface area contributed by atoms with Crippen molar-refractivity contribution >= 4 is 29.6 Å². The molecular formula is C23H24ClN3O5. The third-order valence-corrected chi connectivity index (χ3v) is 4.47. The Morgan fingerprint density at radius 2 is 1.69 bits per heavy atom. The molecule has 9 heteroatoms. The third kappa shape index (κ3) is 5.79. The van der Waals surface area contributed by atoms with E-state index in [0.717, 1.165) is 5.56 Å². The number of hydrogen-bond acceptors (Lipinski definition) is 7. The molecule has 1 amide bonds. The van der Waals surface area contributed by atoms with Gasteiger partial charge in [-0.2, -0.15) is 0 Å². The summed E-state index contributed by atoms with van der Waals surface area (Å²) >= 11 is 6.09. The van der Waals surface area contributed by atoms with E-state index in [-0.39, 0.29) is 11.9 Å². The molecule has 1 heterocycles. The van der Waals surface area contributed by atoms with Crippen LogP contribution < -0.4 is 19.5 Å². The number of nitrogens with zero attached hydrogens (tertiary/aromatic N) is 2. The highest BCUT2D eigenvalue weighted by Gasteiger charge is 2.19. The van der Waals surface area contributed by atoms with E-state index < -0.39 is 5.91 Å². The number of hydrogen-bond donors (Lipinski definition) is 1. The Hall–Kier alpha value is -3.52. The number of rotatable bonds is 10. The van der Waals surface area contributed by atoms with Crippen LogP contribution in [0.3, 0.4) is 0 Å². The fraction of sp³-hybridized carbons (Fsp3) is 0.261. The Balaban J connectivity index is 1.81. The number of ether oxygens (including phenoxy) is 3. The van der Waals surface area contributed by atoms with Crippen molar-refractivity contribution in [2.45, 2.75) is 20.8 Å². The Morgan fingerprint density at radius 3 is 2.31 bits per heavy atom. The molecule has 3 rings (SSSR count). The van der Waals surface area contributed by atoms with Crippen LogP contribution in [0.25, 0.3) is 17.5 Å². The van der Waals surface area contributed by atoms with Crippen LogP contribution in [-0.4, -0.2) is 35.9 Å². The summed E-state index contributed by atoms with van der Waals surface area (Å²) in [4.78, 5) is 12.2. The Kier molecular flexibility index (Phi) is 8.10. The monoisotopic (exact) mass is 457 g/mol. The van der Waals surface area contributed by atoms with E-state index in [4.69, 9.17) is 30.2 Å². The van der Waals surface area contributed by atoms with Gasteiger partial charge in [0.15, 0.2) is 11.5 Å². The molecule has 0 unspecified atom stereocenters. The van der Waals surface area contributed by atoms with Gasteiger partial charge < -0.3 is 18.6 Å². The molecule has 0 bridgehead atoms. The van der Waals surface area contributed by atoms with Crippen LogP contribution in [0.15, 0.2) is 46.9 Å². The molecule has 0 aliphatic rings. The molecule has 0 atom stereocenters. The van der Waals surface area contributed by atoms with E-state index in [2.05, 4.69) is 15.5 Å². The maximum absolute atomic E-state index is 12.2. The van der Waals surface area contributed by atoms with Gasteiger partial charge in [0.1, 0.15) is 0 Å². The van der Waals surface area contributed by atoms with Gasteiger partial charge in [-0.3, -0.25) is 10.1 Å². The molecule has 0 fully saturated rings. The molecule has 0 radical (unpaired) electrons. The van der Waals surface area contributed by atoms with Crippen molar-refractivity contribution in [3.8, 4) is 28.7 Å². The molecule has 0 aliphatic carbocycles. The van der Waals surface area contributed by atoms with Gasteiger partial charge in [-0.25, -0.2) is 0 Å². The third-order valence-electron chi connectivity index (χ3n) is 4.13. The molecule has 32 heavy (non-hydrogen) atoms. The minimum atomic E-state index is -0.433. The van der Waals surface area contributed by atoms with Gasteiger partial charge in [-0.05, 0) is 50.6 Å². The topological polar surface area (TPSA) is 95.7 Å². The van der Waals surface area contributed by atoms with Crippen LogP contribution in [-0.2, 0) is 4.79 Å². The zero-order valence-corrected chi connectivity index (χ0v) is 18.8. The van der Waals surface area contributed by atoms with Crippen molar-refractivity contribution in [3.05, 3.63) is 53.1 Å². The SMILES string of the molecule is CCOc1cc(-c2nnc(NC(=O)/C=C/c3ccccc3Cl)o2)cc(OCC)c1OCC. The van der Waals surface area contributed by atoms with E-state index in [9.17, 15) is 4.79 Å². The first kappa shape index (κ1) is 23.1. The molecule has 8 nitrogen and oxygen atoms in total. The highest BCUT2D eigenvalue weighted by molar-refractivity contribution is 6.32. The first-order valence-corrected chi connectivity index (χ1v) is 10.6. The van der Waals surface area contributed by atoms with Crippen molar-refractivity contribution in [1.29, 1.82) is 0 Å². The molecule has 3 aromatic rings. The molecule has 1 N–H and O–H groups in total. The molecule has 168 valence electrons. The van der Waals surface area contributed by atoms with Crippen LogP contribution in [0.2, 0.25) is 5.02 Å². The zero-order chi connectivity index (χ0) is 22.9. The number of benzene rings is 2. The molecular weight excluding hydrogens is 434 g/mol. The quantitative estimate of drug-likeness (QED) is 0.416. The number of aromatic nitrogens is 2. The molecule has 0 saturated heterocycles. The number of carbonyl (C=O) groups is 1. The second kappa shape index (κ2) is 11.2. The average Bonchev–Trinajstić information content (AvgIpc) is 3.24. The number of carbonyl (C=O) groups excluding carboxylic acids is 1. The van der Waals surface area contributed by atoms with E-state index in [1.54, 1.807) is 30.3 Å². The number of halogens is 1. The molecule has 2 aromatic carbocycles. The summed E-state index contributed by atoms with van der Waals surface area (Å²) in [7, 11) is 0. The van der Waals surface area contributed by atoms with Crippen LogP contribution in [0.5, 0.6) is 17.2 Å². The van der Waals surface area contributed by atoms with Crippen molar-refractivity contribution in [3.63, 3.8) is 0 Å². The molecule has 1 aromatic heterocycles. The van der Waals surface area contributed by atoms with Gasteiger partial charge >= 0.3 is 6.01 Å². The van der Waals surface area contributed by atoms with Crippen molar-refractivity contribution in [2.75, 3.05) is 25.1 Å². The van der Waals surface area contributed by atoms with E-state index >= 15 is 0 Å². The summed E-state index contributed by atoms with van der Waals surface area (Å²) in [5.74, 6) is 1.28. The lowest BCUT2D eigenvalue weighted by Gasteiger charge is -2.16. The van der Waals surface area contributed by atoms with Crippen LogP contribution >= 0.6 is 11.6 Å². The lowest BCUT2D eigenvalue weighted by molar-refractivity contribution is -0.112. The van der Waals surface area contributed by atoms with Gasteiger partial charge in [0.25, 0.3) is 5.91 Å². The van der Waals surface area contributed by atoms with Crippen LogP contribution in [0.4, 0.5) is 6.01 Å². The highest BCUT2D eigenvalue weighted by atomic mass is 35.5. The smallest absolute Gasteiger partial charge is 0.322 e. The Labute approximate surface area is 191 Å². The molecule has 0 saturated carbocycles.